The van der Waals surface area contributed by atoms with Gasteiger partial charge >= 0.3 is 0 Å². The minimum Gasteiger partial charge on any atom is -0.394 e. The van der Waals surface area contributed by atoms with E-state index in [1.54, 1.807) is 6.20 Å². The highest BCUT2D eigenvalue weighted by atomic mass is 16.6. The Morgan fingerprint density at radius 2 is 2.11 bits per heavy atom. The van der Waals surface area contributed by atoms with E-state index in [1.165, 1.54) is 10.6 Å². The minimum absolute atomic E-state index is 0.202. The van der Waals surface area contributed by atoms with E-state index < -0.39 is 31.0 Å². The van der Waals surface area contributed by atoms with Crippen molar-refractivity contribution in [3.05, 3.63) is 18.2 Å². The Hall–Kier alpha value is -1.81. The molecule has 0 aromatic carbocycles. The fourth-order valence-corrected chi connectivity index (χ4v) is 2.17. The number of ether oxygens (including phenoxy) is 1. The number of nitrogens with two attached hydrogens (primary N) is 1. The molecule has 5 N–H and O–H groups in total. The average Bonchev–Trinajstić information content (AvgIpc) is 2.94. The molecule has 0 radical (unpaired) electrons. The van der Waals surface area contributed by atoms with Crippen molar-refractivity contribution in [2.75, 3.05) is 12.3 Å². The molecule has 2 aromatic heterocycles. The van der Waals surface area contributed by atoms with Crippen LogP contribution in [0, 0.1) is 0 Å². The number of aliphatic hydroxyl groups is 3. The highest BCUT2D eigenvalue weighted by Gasteiger charge is 2.45. The van der Waals surface area contributed by atoms with Gasteiger partial charge in [0, 0.05) is 12.4 Å². The maximum absolute atomic E-state index is 9.95. The summed E-state index contributed by atoms with van der Waals surface area (Å²) in [5.41, 5.74) is 6.00. The molecule has 9 heteroatoms. The summed E-state index contributed by atoms with van der Waals surface area (Å²) in [5, 5.41) is 36.5. The molecule has 1 aliphatic heterocycles. The van der Waals surface area contributed by atoms with Crippen LogP contribution in [0.5, 0.6) is 0 Å². The molecule has 0 bridgehead atoms. The summed E-state index contributed by atoms with van der Waals surface area (Å²) in [5.74, 6) is 0.500. The van der Waals surface area contributed by atoms with E-state index >= 15 is 0 Å². The van der Waals surface area contributed by atoms with Crippen LogP contribution in [-0.4, -0.2) is 59.8 Å². The van der Waals surface area contributed by atoms with Gasteiger partial charge in [0.2, 0.25) is 5.65 Å². The quantitative estimate of drug-likeness (QED) is 0.483. The predicted molar refractivity (Wildman–Crippen MR) is 61.9 cm³/mol. The SMILES string of the molecule is Nc1nccn2c(C3O[C@H](CO)[C@@H](O)[C@H]3O)nnc12. The van der Waals surface area contributed by atoms with Crippen molar-refractivity contribution in [2.45, 2.75) is 24.4 Å². The van der Waals surface area contributed by atoms with Crippen LogP contribution < -0.4 is 5.73 Å². The van der Waals surface area contributed by atoms with Crippen molar-refractivity contribution >= 4 is 11.5 Å². The zero-order valence-electron chi connectivity index (χ0n) is 9.79. The average molecular weight is 267 g/mol. The Balaban J connectivity index is 2.04. The molecule has 102 valence electrons. The van der Waals surface area contributed by atoms with Gasteiger partial charge in [-0.1, -0.05) is 0 Å². The Morgan fingerprint density at radius 1 is 1.32 bits per heavy atom. The van der Waals surface area contributed by atoms with E-state index in [2.05, 4.69) is 15.2 Å². The molecule has 4 atom stereocenters. The molecule has 1 unspecified atom stereocenters. The van der Waals surface area contributed by atoms with E-state index in [0.717, 1.165) is 0 Å². The Morgan fingerprint density at radius 3 is 2.79 bits per heavy atom. The molecule has 2 aromatic rings. The van der Waals surface area contributed by atoms with Crippen molar-refractivity contribution in [3.63, 3.8) is 0 Å². The van der Waals surface area contributed by atoms with Crippen LogP contribution in [0.15, 0.2) is 12.4 Å². The number of rotatable bonds is 2. The van der Waals surface area contributed by atoms with Gasteiger partial charge in [-0.15, -0.1) is 10.2 Å². The number of nitrogen functional groups attached to an aromatic ring is 1. The summed E-state index contributed by atoms with van der Waals surface area (Å²) in [6.45, 7) is -0.394. The number of aromatic nitrogens is 4. The first-order valence-electron chi connectivity index (χ1n) is 5.71. The predicted octanol–water partition coefficient (Wildman–Crippen LogP) is -2.14. The molecule has 3 heterocycles. The van der Waals surface area contributed by atoms with Gasteiger partial charge in [-0.2, -0.15) is 0 Å². The fourth-order valence-electron chi connectivity index (χ4n) is 2.17. The summed E-state index contributed by atoms with van der Waals surface area (Å²) >= 11 is 0. The van der Waals surface area contributed by atoms with Gasteiger partial charge in [0.15, 0.2) is 11.6 Å². The number of anilines is 1. The van der Waals surface area contributed by atoms with Crippen LogP contribution in [0.4, 0.5) is 5.82 Å². The first-order valence-corrected chi connectivity index (χ1v) is 5.71. The second-order valence-corrected chi connectivity index (χ2v) is 4.32. The standard InChI is InChI=1S/C10H13N5O4/c11-8-10-14-13-9(15(10)2-1-12-8)7-6(18)5(17)4(3-16)19-7/h1-2,4-7,16-18H,3H2,(H2,11,12)/t4-,5-,6-,7?/m1/s1. The van der Waals surface area contributed by atoms with Gasteiger partial charge < -0.3 is 25.8 Å². The third-order valence-corrected chi connectivity index (χ3v) is 3.18. The van der Waals surface area contributed by atoms with Crippen molar-refractivity contribution in [3.8, 4) is 0 Å². The Labute approximate surface area is 107 Å². The topological polar surface area (TPSA) is 139 Å². The van der Waals surface area contributed by atoms with Crippen molar-refractivity contribution in [1.82, 2.24) is 19.6 Å². The molecule has 9 nitrogen and oxygen atoms in total. The van der Waals surface area contributed by atoms with Gasteiger partial charge in [-0.05, 0) is 0 Å². The van der Waals surface area contributed by atoms with E-state index in [1.807, 2.05) is 0 Å². The lowest BCUT2D eigenvalue weighted by molar-refractivity contribution is -0.0255. The van der Waals surface area contributed by atoms with Gasteiger partial charge in [0.05, 0.1) is 6.61 Å². The van der Waals surface area contributed by atoms with E-state index in [-0.39, 0.29) is 5.82 Å². The van der Waals surface area contributed by atoms with E-state index in [0.29, 0.717) is 11.5 Å². The monoisotopic (exact) mass is 267 g/mol. The van der Waals surface area contributed by atoms with Crippen LogP contribution in [0.2, 0.25) is 0 Å². The third-order valence-electron chi connectivity index (χ3n) is 3.18. The summed E-state index contributed by atoms with van der Waals surface area (Å²) < 4.78 is 6.92. The summed E-state index contributed by atoms with van der Waals surface area (Å²) in [4.78, 5) is 3.87. The summed E-state index contributed by atoms with van der Waals surface area (Å²) in [6.07, 6.45) is -1.07. The summed E-state index contributed by atoms with van der Waals surface area (Å²) in [6, 6.07) is 0. The third kappa shape index (κ3) is 1.75. The summed E-state index contributed by atoms with van der Waals surface area (Å²) in [7, 11) is 0. The van der Waals surface area contributed by atoms with Crippen LogP contribution in [0.1, 0.15) is 11.9 Å². The smallest absolute Gasteiger partial charge is 0.203 e. The number of fused-ring (bicyclic) bond motifs is 1. The lowest BCUT2D eigenvalue weighted by atomic mass is 10.1. The number of hydrogen-bond donors (Lipinski definition) is 4. The first kappa shape index (κ1) is 12.2. The lowest BCUT2D eigenvalue weighted by Gasteiger charge is -2.12. The molecule has 1 fully saturated rings. The van der Waals surface area contributed by atoms with E-state index in [9.17, 15) is 10.2 Å². The van der Waals surface area contributed by atoms with Gasteiger partial charge in [-0.3, -0.25) is 4.40 Å². The highest BCUT2D eigenvalue weighted by Crippen LogP contribution is 2.32. The number of nitrogens with zero attached hydrogens (tertiary/aromatic N) is 4. The lowest BCUT2D eigenvalue weighted by Crippen LogP contribution is -2.32. The first-order chi connectivity index (χ1) is 9.13. The maximum atomic E-state index is 9.95. The number of aliphatic hydroxyl groups excluding tert-OH is 3. The zero-order valence-corrected chi connectivity index (χ0v) is 9.79. The largest absolute Gasteiger partial charge is 0.394 e. The molecular formula is C10H13N5O4. The minimum atomic E-state index is -1.20. The fraction of sp³-hybridized carbons (Fsp3) is 0.500. The van der Waals surface area contributed by atoms with Crippen molar-refractivity contribution in [1.29, 1.82) is 0 Å². The van der Waals surface area contributed by atoms with Crippen LogP contribution in [-0.2, 0) is 4.74 Å². The second kappa shape index (κ2) is 4.38. The molecule has 0 spiro atoms. The number of hydrogen-bond acceptors (Lipinski definition) is 8. The molecule has 19 heavy (non-hydrogen) atoms. The van der Waals surface area contributed by atoms with Gasteiger partial charge in [0.25, 0.3) is 0 Å². The Bertz CT molecular complexity index is 603. The molecule has 1 aliphatic rings. The van der Waals surface area contributed by atoms with Crippen LogP contribution in [0.3, 0.4) is 0 Å². The normalized spacial score (nSPS) is 31.1. The Kier molecular flexibility index (Phi) is 2.82. The molecule has 0 aliphatic carbocycles. The second-order valence-electron chi connectivity index (χ2n) is 4.32. The van der Waals surface area contributed by atoms with Crippen molar-refractivity contribution in [2.24, 2.45) is 0 Å². The zero-order chi connectivity index (χ0) is 13.6. The molecule has 1 saturated heterocycles. The molecule has 3 rings (SSSR count). The molecule has 0 saturated carbocycles. The van der Waals surface area contributed by atoms with Crippen LogP contribution in [0.25, 0.3) is 5.65 Å². The molecular weight excluding hydrogens is 254 g/mol. The molecule has 0 amide bonds. The van der Waals surface area contributed by atoms with E-state index in [4.69, 9.17) is 15.6 Å². The van der Waals surface area contributed by atoms with Gasteiger partial charge in [0.1, 0.15) is 24.4 Å². The van der Waals surface area contributed by atoms with Crippen LogP contribution >= 0.6 is 0 Å². The maximum Gasteiger partial charge on any atom is 0.203 e. The highest BCUT2D eigenvalue weighted by molar-refractivity contribution is 5.58. The van der Waals surface area contributed by atoms with Crippen molar-refractivity contribution < 1.29 is 20.1 Å². The van der Waals surface area contributed by atoms with Gasteiger partial charge in [-0.25, -0.2) is 4.98 Å².